The van der Waals surface area contributed by atoms with Gasteiger partial charge in [0.05, 0.1) is 0 Å². The Hall–Kier alpha value is 0.0400. The molecule has 0 saturated carbocycles. The predicted octanol–water partition coefficient (Wildman–Crippen LogP) is 3.44. The van der Waals surface area contributed by atoms with Crippen LogP contribution in [0.15, 0.2) is 0 Å². The molecule has 2 atom stereocenters. The van der Waals surface area contributed by atoms with E-state index in [1.54, 1.807) is 27.7 Å². The molecule has 2 unspecified atom stereocenters. The highest BCUT2D eigenvalue weighted by Gasteiger charge is 2.59. The van der Waals surface area contributed by atoms with Crippen LogP contribution in [0, 0.1) is 0 Å². The SMILES string of the molecule is CCC(CC)(O[P+](=O)O)C(CC)(CC)O[P+](=O)O. The van der Waals surface area contributed by atoms with E-state index < -0.39 is 27.7 Å². The van der Waals surface area contributed by atoms with Crippen molar-refractivity contribution in [2.75, 3.05) is 0 Å². The van der Waals surface area contributed by atoms with Crippen molar-refractivity contribution in [1.82, 2.24) is 0 Å². The van der Waals surface area contributed by atoms with Crippen LogP contribution in [0.2, 0.25) is 0 Å². The van der Waals surface area contributed by atoms with Gasteiger partial charge in [0, 0.05) is 9.13 Å². The summed E-state index contributed by atoms with van der Waals surface area (Å²) in [6.07, 6.45) is 1.65. The van der Waals surface area contributed by atoms with E-state index in [1.165, 1.54) is 0 Å². The molecule has 0 radical (unpaired) electrons. The third-order valence-corrected chi connectivity index (χ3v) is 4.63. The molecular formula is C10H22O6P2+2. The molecule has 0 saturated heterocycles. The molecule has 0 bridgehead atoms. The summed E-state index contributed by atoms with van der Waals surface area (Å²) < 4.78 is 32.4. The zero-order valence-corrected chi connectivity index (χ0v) is 13.0. The van der Waals surface area contributed by atoms with Gasteiger partial charge in [0.15, 0.2) is 11.2 Å². The molecule has 0 fully saturated rings. The molecule has 2 N–H and O–H groups in total. The molecule has 0 aliphatic heterocycles. The Kier molecular flexibility index (Phi) is 7.60. The highest BCUT2D eigenvalue weighted by atomic mass is 31.1. The van der Waals surface area contributed by atoms with Crippen molar-refractivity contribution in [3.8, 4) is 0 Å². The summed E-state index contributed by atoms with van der Waals surface area (Å²) in [7, 11) is -5.61. The molecule has 0 aromatic carbocycles. The Morgan fingerprint density at radius 3 is 1.11 bits per heavy atom. The van der Waals surface area contributed by atoms with Crippen molar-refractivity contribution in [2.24, 2.45) is 0 Å². The first-order valence-electron chi connectivity index (χ1n) is 6.03. The van der Waals surface area contributed by atoms with Crippen LogP contribution < -0.4 is 0 Å². The van der Waals surface area contributed by atoms with Crippen molar-refractivity contribution >= 4 is 16.5 Å². The molecular weight excluding hydrogens is 278 g/mol. The van der Waals surface area contributed by atoms with Gasteiger partial charge in [-0.2, -0.15) is 0 Å². The monoisotopic (exact) mass is 300 g/mol. The van der Waals surface area contributed by atoms with E-state index in [4.69, 9.17) is 18.8 Å². The van der Waals surface area contributed by atoms with Gasteiger partial charge in [-0.05, 0) is 25.7 Å². The van der Waals surface area contributed by atoms with Crippen molar-refractivity contribution in [2.45, 2.75) is 64.6 Å². The lowest BCUT2D eigenvalue weighted by Crippen LogP contribution is -2.54. The topological polar surface area (TPSA) is 93.1 Å². The van der Waals surface area contributed by atoms with E-state index in [0.29, 0.717) is 25.7 Å². The molecule has 0 amide bonds. The Labute approximate surface area is 110 Å². The Balaban J connectivity index is 5.59. The van der Waals surface area contributed by atoms with Gasteiger partial charge in [-0.3, -0.25) is 0 Å². The summed E-state index contributed by atoms with van der Waals surface area (Å²) in [4.78, 5) is 18.1. The standard InChI is InChI=1S/C10H20O6P2/c1-5-9(6-2,15-17(11)12)10(7-3,8-4)16-18(13)14/h5-8H2,1-4H3/p+2. The summed E-state index contributed by atoms with van der Waals surface area (Å²) in [5.74, 6) is 0. The zero-order valence-electron chi connectivity index (χ0n) is 11.3. The van der Waals surface area contributed by atoms with Crippen LogP contribution >= 0.6 is 16.5 Å². The first kappa shape index (κ1) is 18.0. The Morgan fingerprint density at radius 1 is 0.778 bits per heavy atom. The molecule has 8 heteroatoms. The average molecular weight is 300 g/mol. The van der Waals surface area contributed by atoms with Crippen LogP contribution in [-0.4, -0.2) is 21.0 Å². The molecule has 0 aliphatic carbocycles. The smallest absolute Gasteiger partial charge is 0.133 e. The minimum absolute atomic E-state index is 0.413. The van der Waals surface area contributed by atoms with Crippen LogP contribution in [0.3, 0.4) is 0 Å². The third-order valence-electron chi connectivity index (χ3n) is 3.62. The van der Waals surface area contributed by atoms with E-state index >= 15 is 0 Å². The van der Waals surface area contributed by atoms with Crippen molar-refractivity contribution < 1.29 is 28.0 Å². The summed E-state index contributed by atoms with van der Waals surface area (Å²) in [5, 5.41) is 0. The molecule has 0 aliphatic rings. The lowest BCUT2D eigenvalue weighted by molar-refractivity contribution is -0.128. The highest BCUT2D eigenvalue weighted by molar-refractivity contribution is 7.32. The van der Waals surface area contributed by atoms with Gasteiger partial charge in [0.25, 0.3) is 0 Å². The first-order valence-corrected chi connectivity index (χ1v) is 8.29. The van der Waals surface area contributed by atoms with Gasteiger partial charge in [0.2, 0.25) is 0 Å². The zero-order chi connectivity index (χ0) is 14.4. The van der Waals surface area contributed by atoms with Crippen LogP contribution in [0.5, 0.6) is 0 Å². The van der Waals surface area contributed by atoms with Gasteiger partial charge in [0.1, 0.15) is 0 Å². The maximum absolute atomic E-state index is 11.0. The Morgan fingerprint density at radius 2 is 1.00 bits per heavy atom. The van der Waals surface area contributed by atoms with Crippen LogP contribution in [0.25, 0.3) is 0 Å². The minimum Gasteiger partial charge on any atom is -0.133 e. The van der Waals surface area contributed by atoms with E-state index in [2.05, 4.69) is 0 Å². The summed E-state index contributed by atoms with van der Waals surface area (Å²) >= 11 is 0. The second-order valence-electron chi connectivity index (χ2n) is 4.06. The van der Waals surface area contributed by atoms with E-state index in [9.17, 15) is 9.13 Å². The summed E-state index contributed by atoms with van der Waals surface area (Å²) in [5.41, 5.74) is -2.10. The van der Waals surface area contributed by atoms with Gasteiger partial charge >= 0.3 is 16.5 Å². The average Bonchev–Trinajstić information content (AvgIpc) is 2.32. The van der Waals surface area contributed by atoms with Crippen molar-refractivity contribution in [1.29, 1.82) is 0 Å². The fraction of sp³-hybridized carbons (Fsp3) is 1.00. The van der Waals surface area contributed by atoms with Gasteiger partial charge in [-0.1, -0.05) is 27.7 Å². The molecule has 0 aromatic heterocycles. The second kappa shape index (κ2) is 7.59. The quantitative estimate of drug-likeness (QED) is 0.634. The van der Waals surface area contributed by atoms with E-state index in [-0.39, 0.29) is 0 Å². The molecule has 106 valence electrons. The fourth-order valence-corrected chi connectivity index (χ4v) is 3.96. The summed E-state index contributed by atoms with van der Waals surface area (Å²) in [6, 6.07) is 0. The number of hydrogen-bond acceptors (Lipinski definition) is 4. The lowest BCUT2D eigenvalue weighted by Gasteiger charge is -2.40. The normalized spacial score (nSPS) is 14.6. The molecule has 0 heterocycles. The molecule has 18 heavy (non-hydrogen) atoms. The minimum atomic E-state index is -2.81. The number of rotatable bonds is 9. The predicted molar refractivity (Wildman–Crippen MR) is 68.4 cm³/mol. The van der Waals surface area contributed by atoms with Crippen LogP contribution in [0.4, 0.5) is 0 Å². The number of hydrogen-bond donors (Lipinski definition) is 2. The van der Waals surface area contributed by atoms with Gasteiger partial charge in [-0.25, -0.2) is 0 Å². The Bertz CT molecular complexity index is 269. The van der Waals surface area contributed by atoms with Gasteiger partial charge in [-0.15, -0.1) is 18.8 Å². The third kappa shape index (κ3) is 3.77. The van der Waals surface area contributed by atoms with Crippen molar-refractivity contribution in [3.05, 3.63) is 0 Å². The first-order chi connectivity index (χ1) is 8.33. The highest BCUT2D eigenvalue weighted by Crippen LogP contribution is 2.48. The largest absolute Gasteiger partial charge is 0.695 e. The summed E-state index contributed by atoms with van der Waals surface area (Å²) in [6.45, 7) is 7.21. The lowest BCUT2D eigenvalue weighted by atomic mass is 9.75. The van der Waals surface area contributed by atoms with E-state index in [1.807, 2.05) is 0 Å². The van der Waals surface area contributed by atoms with Crippen LogP contribution in [-0.2, 0) is 18.2 Å². The molecule has 0 spiro atoms. The molecule has 0 aromatic rings. The van der Waals surface area contributed by atoms with Gasteiger partial charge < -0.3 is 0 Å². The second-order valence-corrected chi connectivity index (χ2v) is 5.38. The maximum atomic E-state index is 11.0. The fourth-order valence-electron chi connectivity index (χ4n) is 2.51. The maximum Gasteiger partial charge on any atom is 0.695 e. The van der Waals surface area contributed by atoms with Crippen LogP contribution in [0.1, 0.15) is 53.4 Å². The van der Waals surface area contributed by atoms with E-state index in [0.717, 1.165) is 0 Å². The molecule has 0 rings (SSSR count). The molecule has 6 nitrogen and oxygen atoms in total. The van der Waals surface area contributed by atoms with Crippen molar-refractivity contribution in [3.63, 3.8) is 0 Å².